The quantitative estimate of drug-likeness (QED) is 0.452. The van der Waals surface area contributed by atoms with Crippen molar-refractivity contribution in [3.63, 3.8) is 0 Å². The molecule has 5 rings (SSSR count). The largest absolute Gasteiger partial charge is 0.316 e. The second-order valence-corrected chi connectivity index (χ2v) is 8.91. The van der Waals surface area contributed by atoms with Crippen LogP contribution in [0.1, 0.15) is 37.8 Å². The standard InChI is InChI=1S/C27H29N3/c1-5-22-19(4)27-29(21-11-7-6-8-12-21)25-20(17-18(2)3)15-16-28-26(25)30(27)24-14-10-9-13-23(22)24/h5-16,18-19,22,27H,1,17H2,2-4H3. The predicted octanol–water partition coefficient (Wildman–Crippen LogP) is 6.82. The maximum Gasteiger partial charge on any atom is 0.159 e. The summed E-state index contributed by atoms with van der Waals surface area (Å²) in [5.74, 6) is 2.32. The number of anilines is 4. The molecule has 3 aromatic rings. The summed E-state index contributed by atoms with van der Waals surface area (Å²) < 4.78 is 0. The summed E-state index contributed by atoms with van der Waals surface area (Å²) in [6.45, 7) is 11.1. The molecule has 3 heteroatoms. The summed E-state index contributed by atoms with van der Waals surface area (Å²) in [6, 6.07) is 21.7. The van der Waals surface area contributed by atoms with E-state index in [-0.39, 0.29) is 6.17 Å². The van der Waals surface area contributed by atoms with E-state index >= 15 is 0 Å². The third-order valence-electron chi connectivity index (χ3n) is 6.50. The molecular formula is C27H29N3. The third-order valence-corrected chi connectivity index (χ3v) is 6.50. The van der Waals surface area contributed by atoms with Crippen LogP contribution in [0.4, 0.5) is 22.9 Å². The molecule has 0 fully saturated rings. The number of aromatic nitrogens is 1. The summed E-state index contributed by atoms with van der Waals surface area (Å²) in [7, 11) is 0. The Labute approximate surface area is 179 Å². The Kier molecular flexibility index (Phi) is 4.62. The van der Waals surface area contributed by atoms with Crippen LogP contribution in [0.3, 0.4) is 0 Å². The summed E-state index contributed by atoms with van der Waals surface area (Å²) >= 11 is 0. The van der Waals surface area contributed by atoms with Gasteiger partial charge in [-0.1, -0.05) is 63.2 Å². The van der Waals surface area contributed by atoms with E-state index < -0.39 is 0 Å². The molecule has 0 spiro atoms. The van der Waals surface area contributed by atoms with E-state index in [1.165, 1.54) is 28.2 Å². The Bertz CT molecular complexity index is 1070. The number of fused-ring (bicyclic) bond motifs is 5. The van der Waals surface area contributed by atoms with Gasteiger partial charge in [-0.3, -0.25) is 0 Å². The molecule has 0 N–H and O–H groups in total. The fraction of sp³-hybridized carbons (Fsp3) is 0.296. The minimum Gasteiger partial charge on any atom is -0.316 e. The number of hydrogen-bond donors (Lipinski definition) is 0. The van der Waals surface area contributed by atoms with Gasteiger partial charge in [0.15, 0.2) is 5.82 Å². The number of benzene rings is 2. The first-order chi connectivity index (χ1) is 14.6. The molecule has 3 heterocycles. The van der Waals surface area contributed by atoms with E-state index in [2.05, 4.69) is 104 Å². The maximum absolute atomic E-state index is 4.93. The van der Waals surface area contributed by atoms with Gasteiger partial charge in [0, 0.05) is 29.4 Å². The molecule has 2 aromatic carbocycles. The molecule has 152 valence electrons. The zero-order valence-electron chi connectivity index (χ0n) is 18.0. The summed E-state index contributed by atoms with van der Waals surface area (Å²) in [5.41, 5.74) is 6.44. The van der Waals surface area contributed by atoms with E-state index in [0.29, 0.717) is 17.8 Å². The van der Waals surface area contributed by atoms with Crippen LogP contribution >= 0.6 is 0 Å². The SMILES string of the molecule is C=CC1c2ccccc2N2c3nccc(CC(C)C)c3N(c3ccccc3)C2C1C. The van der Waals surface area contributed by atoms with Gasteiger partial charge in [-0.2, -0.15) is 0 Å². The fourth-order valence-corrected chi connectivity index (χ4v) is 5.29. The van der Waals surface area contributed by atoms with E-state index in [9.17, 15) is 0 Å². The van der Waals surface area contributed by atoms with Crippen LogP contribution < -0.4 is 9.80 Å². The van der Waals surface area contributed by atoms with Crippen molar-refractivity contribution in [3.8, 4) is 0 Å². The van der Waals surface area contributed by atoms with Crippen molar-refractivity contribution >= 4 is 22.9 Å². The van der Waals surface area contributed by atoms with Gasteiger partial charge in [-0.25, -0.2) is 4.98 Å². The molecule has 0 saturated carbocycles. The zero-order chi connectivity index (χ0) is 20.8. The van der Waals surface area contributed by atoms with Crippen molar-refractivity contribution in [2.24, 2.45) is 11.8 Å². The Morgan fingerprint density at radius 3 is 2.47 bits per heavy atom. The van der Waals surface area contributed by atoms with Crippen LogP contribution in [0.15, 0.2) is 79.5 Å². The second-order valence-electron chi connectivity index (χ2n) is 8.91. The molecule has 3 nitrogen and oxygen atoms in total. The molecule has 0 bridgehead atoms. The highest BCUT2D eigenvalue weighted by Gasteiger charge is 2.48. The molecule has 1 aromatic heterocycles. The number of rotatable bonds is 4. The van der Waals surface area contributed by atoms with Crippen LogP contribution in [0.2, 0.25) is 0 Å². The first-order valence-corrected chi connectivity index (χ1v) is 10.9. The molecule has 0 radical (unpaired) electrons. The van der Waals surface area contributed by atoms with Gasteiger partial charge in [0.25, 0.3) is 0 Å². The predicted molar refractivity (Wildman–Crippen MR) is 126 cm³/mol. The Hall–Kier alpha value is -3.07. The number of para-hydroxylation sites is 2. The van der Waals surface area contributed by atoms with Crippen LogP contribution in [-0.4, -0.2) is 11.1 Å². The van der Waals surface area contributed by atoms with Crippen molar-refractivity contribution in [3.05, 3.63) is 90.6 Å². The van der Waals surface area contributed by atoms with Gasteiger partial charge >= 0.3 is 0 Å². The third kappa shape index (κ3) is 2.76. The number of nitrogens with zero attached hydrogens (tertiary/aromatic N) is 3. The van der Waals surface area contributed by atoms with Gasteiger partial charge in [-0.05, 0) is 47.7 Å². The molecule has 3 unspecified atom stereocenters. The van der Waals surface area contributed by atoms with Crippen molar-refractivity contribution in [1.82, 2.24) is 4.98 Å². The Morgan fingerprint density at radius 1 is 1.00 bits per heavy atom. The lowest BCUT2D eigenvalue weighted by Gasteiger charge is -2.44. The van der Waals surface area contributed by atoms with Crippen LogP contribution in [0.25, 0.3) is 0 Å². The fourth-order valence-electron chi connectivity index (χ4n) is 5.29. The topological polar surface area (TPSA) is 19.4 Å². The maximum atomic E-state index is 4.93. The molecule has 0 saturated heterocycles. The average molecular weight is 396 g/mol. The van der Waals surface area contributed by atoms with Crippen molar-refractivity contribution in [2.75, 3.05) is 9.80 Å². The Morgan fingerprint density at radius 2 is 1.73 bits per heavy atom. The van der Waals surface area contributed by atoms with Crippen LogP contribution in [0, 0.1) is 11.8 Å². The van der Waals surface area contributed by atoms with Gasteiger partial charge < -0.3 is 9.80 Å². The minimum atomic E-state index is 0.168. The summed E-state index contributed by atoms with van der Waals surface area (Å²) in [5, 5.41) is 0. The second kappa shape index (κ2) is 7.32. The summed E-state index contributed by atoms with van der Waals surface area (Å²) in [6.07, 6.45) is 5.31. The van der Waals surface area contributed by atoms with Crippen molar-refractivity contribution in [2.45, 2.75) is 39.3 Å². The van der Waals surface area contributed by atoms with E-state index in [4.69, 9.17) is 4.98 Å². The first kappa shape index (κ1) is 18.9. The molecule has 30 heavy (non-hydrogen) atoms. The monoisotopic (exact) mass is 395 g/mol. The number of allylic oxidation sites excluding steroid dienone is 1. The lowest BCUT2D eigenvalue weighted by Crippen LogP contribution is -2.48. The summed E-state index contributed by atoms with van der Waals surface area (Å²) in [4.78, 5) is 9.92. The van der Waals surface area contributed by atoms with Crippen LogP contribution in [0.5, 0.6) is 0 Å². The number of pyridine rings is 1. The van der Waals surface area contributed by atoms with E-state index in [1.807, 2.05) is 6.20 Å². The molecule has 0 amide bonds. The van der Waals surface area contributed by atoms with Gasteiger partial charge in [0.1, 0.15) is 6.17 Å². The highest BCUT2D eigenvalue weighted by molar-refractivity contribution is 5.89. The van der Waals surface area contributed by atoms with E-state index in [1.54, 1.807) is 0 Å². The molecule has 3 atom stereocenters. The van der Waals surface area contributed by atoms with Gasteiger partial charge in [-0.15, -0.1) is 6.58 Å². The lowest BCUT2D eigenvalue weighted by molar-refractivity contribution is 0.409. The molecule has 2 aliphatic rings. The normalized spacial score (nSPS) is 21.9. The van der Waals surface area contributed by atoms with Crippen molar-refractivity contribution in [1.29, 1.82) is 0 Å². The van der Waals surface area contributed by atoms with E-state index in [0.717, 1.165) is 12.2 Å². The van der Waals surface area contributed by atoms with Crippen molar-refractivity contribution < 1.29 is 0 Å². The zero-order valence-corrected chi connectivity index (χ0v) is 18.0. The highest BCUT2D eigenvalue weighted by Crippen LogP contribution is 2.56. The lowest BCUT2D eigenvalue weighted by atomic mass is 9.80. The average Bonchev–Trinajstić information content (AvgIpc) is 3.11. The van der Waals surface area contributed by atoms with Crippen LogP contribution in [-0.2, 0) is 6.42 Å². The smallest absolute Gasteiger partial charge is 0.159 e. The number of hydrogen-bond acceptors (Lipinski definition) is 3. The minimum absolute atomic E-state index is 0.168. The highest BCUT2D eigenvalue weighted by atomic mass is 15.5. The first-order valence-electron chi connectivity index (χ1n) is 10.9. The Balaban J connectivity index is 1.79. The van der Waals surface area contributed by atoms with Gasteiger partial charge in [0.05, 0.1) is 5.69 Å². The molecule has 0 aliphatic carbocycles. The van der Waals surface area contributed by atoms with Gasteiger partial charge in [0.2, 0.25) is 0 Å². The molecule has 2 aliphatic heterocycles. The molecular weight excluding hydrogens is 366 g/mol.